The number of benzene rings is 1. The molecule has 0 radical (unpaired) electrons. The van der Waals surface area contributed by atoms with E-state index in [4.69, 9.17) is 16.3 Å². The van der Waals surface area contributed by atoms with E-state index in [0.29, 0.717) is 18.0 Å². The molecule has 1 heterocycles. The lowest BCUT2D eigenvalue weighted by molar-refractivity contribution is -0.385. The first-order valence-electron chi connectivity index (χ1n) is 6.15. The smallest absolute Gasteiger partial charge is 0.287 e. The summed E-state index contributed by atoms with van der Waals surface area (Å²) < 4.78 is 5.83. The Kier molecular flexibility index (Phi) is 5.08. The number of nitro benzene ring substituents is 1. The summed E-state index contributed by atoms with van der Waals surface area (Å²) >= 11 is 9.09. The maximum absolute atomic E-state index is 10.9. The van der Waals surface area contributed by atoms with E-state index in [1.807, 2.05) is 6.92 Å². The maximum atomic E-state index is 10.9. The third-order valence-electron chi connectivity index (χ3n) is 2.55. The van der Waals surface area contributed by atoms with Crippen molar-refractivity contribution in [3.63, 3.8) is 0 Å². The molecule has 2 aromatic rings. The fourth-order valence-electron chi connectivity index (χ4n) is 1.66. The van der Waals surface area contributed by atoms with Gasteiger partial charge in [0.15, 0.2) is 5.75 Å². The molecule has 0 unspecified atom stereocenters. The zero-order chi connectivity index (χ0) is 15.4. The minimum absolute atomic E-state index is 0.0820. The molecule has 0 bridgehead atoms. The molecule has 0 N–H and O–H groups in total. The minimum Gasteiger partial charge on any atom is -0.437 e. The summed E-state index contributed by atoms with van der Waals surface area (Å²) in [5.41, 5.74) is -0.0820. The zero-order valence-corrected chi connectivity index (χ0v) is 13.4. The van der Waals surface area contributed by atoms with E-state index in [2.05, 4.69) is 25.9 Å². The fourth-order valence-corrected chi connectivity index (χ4v) is 2.34. The van der Waals surface area contributed by atoms with Gasteiger partial charge in [0.05, 0.1) is 4.92 Å². The molecule has 0 aliphatic carbocycles. The first-order valence-corrected chi connectivity index (χ1v) is 7.32. The van der Waals surface area contributed by atoms with Crippen molar-refractivity contribution in [2.75, 3.05) is 0 Å². The second kappa shape index (κ2) is 6.82. The van der Waals surface area contributed by atoms with Gasteiger partial charge in [-0.15, -0.1) is 0 Å². The summed E-state index contributed by atoms with van der Waals surface area (Å²) in [6.07, 6.45) is 1.55. The van der Waals surface area contributed by atoms with Crippen LogP contribution < -0.4 is 4.74 Å². The van der Waals surface area contributed by atoms with Gasteiger partial charge < -0.3 is 4.74 Å². The fraction of sp³-hybridized carbons (Fsp3) is 0.231. The summed E-state index contributed by atoms with van der Waals surface area (Å²) in [4.78, 5) is 18.7. The van der Waals surface area contributed by atoms with Crippen LogP contribution in [0, 0.1) is 10.1 Å². The zero-order valence-electron chi connectivity index (χ0n) is 11.0. The molecule has 8 heteroatoms. The van der Waals surface area contributed by atoms with Gasteiger partial charge in [-0.1, -0.05) is 24.6 Å². The highest BCUT2D eigenvalue weighted by molar-refractivity contribution is 9.10. The molecule has 0 fully saturated rings. The van der Waals surface area contributed by atoms with E-state index in [-0.39, 0.29) is 21.2 Å². The van der Waals surface area contributed by atoms with Gasteiger partial charge in [-0.3, -0.25) is 10.1 Å². The number of nitrogens with zero attached hydrogens (tertiary/aromatic N) is 3. The summed E-state index contributed by atoms with van der Waals surface area (Å²) in [5.74, 6) is 1.11. The van der Waals surface area contributed by atoms with Crippen molar-refractivity contribution in [3.8, 4) is 11.6 Å². The molecule has 1 aromatic heterocycles. The van der Waals surface area contributed by atoms with Crippen LogP contribution in [-0.4, -0.2) is 14.9 Å². The molecule has 0 saturated carbocycles. The highest BCUT2D eigenvalue weighted by Gasteiger charge is 2.17. The molecule has 0 aliphatic rings. The number of halogens is 2. The van der Waals surface area contributed by atoms with Crippen LogP contribution in [0.15, 0.2) is 28.7 Å². The van der Waals surface area contributed by atoms with Crippen LogP contribution in [-0.2, 0) is 6.42 Å². The summed E-state index contributed by atoms with van der Waals surface area (Å²) in [6, 6.07) is 5.99. The van der Waals surface area contributed by atoms with Crippen molar-refractivity contribution in [1.82, 2.24) is 9.97 Å². The van der Waals surface area contributed by atoms with E-state index < -0.39 is 4.92 Å². The lowest BCUT2D eigenvalue weighted by atomic mass is 10.3. The van der Waals surface area contributed by atoms with Gasteiger partial charge in [0.1, 0.15) is 15.5 Å². The molecular weight excluding hydrogens is 362 g/mol. The normalized spacial score (nSPS) is 10.4. The Morgan fingerprint density at radius 2 is 2.19 bits per heavy atom. The molecule has 2 rings (SSSR count). The SMILES string of the molecule is CCCc1nc(Cl)cc(Oc2cccc([N+](=O)[O-])c2Br)n1. The van der Waals surface area contributed by atoms with Crippen molar-refractivity contribution in [1.29, 1.82) is 0 Å². The number of rotatable bonds is 5. The van der Waals surface area contributed by atoms with Gasteiger partial charge in [0.25, 0.3) is 5.69 Å². The molecule has 1 aromatic carbocycles. The third kappa shape index (κ3) is 3.89. The molecule has 6 nitrogen and oxygen atoms in total. The second-order valence-corrected chi connectivity index (χ2v) is 5.32. The topological polar surface area (TPSA) is 78.2 Å². The number of aryl methyl sites for hydroxylation is 1. The van der Waals surface area contributed by atoms with Crippen LogP contribution >= 0.6 is 27.5 Å². The van der Waals surface area contributed by atoms with Crippen molar-refractivity contribution < 1.29 is 9.66 Å². The molecule has 0 aliphatic heterocycles. The van der Waals surface area contributed by atoms with E-state index >= 15 is 0 Å². The van der Waals surface area contributed by atoms with Gasteiger partial charge >= 0.3 is 0 Å². The van der Waals surface area contributed by atoms with E-state index in [1.165, 1.54) is 18.2 Å². The van der Waals surface area contributed by atoms with Crippen LogP contribution in [0.1, 0.15) is 19.2 Å². The van der Waals surface area contributed by atoms with E-state index in [9.17, 15) is 10.1 Å². The highest BCUT2D eigenvalue weighted by Crippen LogP contribution is 2.36. The highest BCUT2D eigenvalue weighted by atomic mass is 79.9. The van der Waals surface area contributed by atoms with E-state index in [1.54, 1.807) is 6.07 Å². The minimum atomic E-state index is -0.494. The molecule has 0 amide bonds. The van der Waals surface area contributed by atoms with Crippen molar-refractivity contribution in [2.24, 2.45) is 0 Å². The number of ether oxygens (including phenoxy) is 1. The molecule has 0 atom stereocenters. The predicted octanol–water partition coefficient (Wildman–Crippen LogP) is 4.55. The first-order chi connectivity index (χ1) is 10.0. The Labute approximate surface area is 134 Å². The molecule has 0 saturated heterocycles. The summed E-state index contributed by atoms with van der Waals surface area (Å²) in [6.45, 7) is 2.00. The Bertz CT molecular complexity index is 682. The number of aromatic nitrogens is 2. The number of nitro groups is 1. The summed E-state index contributed by atoms with van der Waals surface area (Å²) in [5, 5.41) is 11.2. The lowest BCUT2D eigenvalue weighted by Gasteiger charge is -2.08. The predicted molar refractivity (Wildman–Crippen MR) is 81.9 cm³/mol. The lowest BCUT2D eigenvalue weighted by Crippen LogP contribution is -1.98. The monoisotopic (exact) mass is 371 g/mol. The molecular formula is C13H11BrClN3O3. The van der Waals surface area contributed by atoms with Crippen LogP contribution in [0.25, 0.3) is 0 Å². The Hall–Kier alpha value is -1.73. The molecule has 0 spiro atoms. The Balaban J connectivity index is 2.34. The number of hydrogen-bond acceptors (Lipinski definition) is 5. The third-order valence-corrected chi connectivity index (χ3v) is 3.54. The second-order valence-electron chi connectivity index (χ2n) is 4.14. The van der Waals surface area contributed by atoms with Crippen LogP contribution in [0.3, 0.4) is 0 Å². The average Bonchev–Trinajstić information content (AvgIpc) is 2.40. The van der Waals surface area contributed by atoms with Gasteiger partial charge in [-0.2, -0.15) is 4.98 Å². The summed E-state index contributed by atoms with van der Waals surface area (Å²) in [7, 11) is 0. The van der Waals surface area contributed by atoms with Crippen molar-refractivity contribution in [3.05, 3.63) is 49.8 Å². The molecule has 21 heavy (non-hydrogen) atoms. The van der Waals surface area contributed by atoms with Gasteiger partial charge in [-0.05, 0) is 28.4 Å². The Morgan fingerprint density at radius 1 is 1.43 bits per heavy atom. The van der Waals surface area contributed by atoms with Crippen molar-refractivity contribution in [2.45, 2.75) is 19.8 Å². The Morgan fingerprint density at radius 3 is 2.86 bits per heavy atom. The standard InChI is InChI=1S/C13H11BrClN3O3/c1-2-4-11-16-10(15)7-12(17-11)21-9-6-3-5-8(13(9)14)18(19)20/h3,5-7H,2,4H2,1H3. The quantitative estimate of drug-likeness (QED) is 0.437. The first kappa shape index (κ1) is 15.7. The van der Waals surface area contributed by atoms with Crippen LogP contribution in [0.5, 0.6) is 11.6 Å². The average molecular weight is 373 g/mol. The largest absolute Gasteiger partial charge is 0.437 e. The number of hydrogen-bond donors (Lipinski definition) is 0. The van der Waals surface area contributed by atoms with Gasteiger partial charge in [0.2, 0.25) is 5.88 Å². The van der Waals surface area contributed by atoms with Crippen LogP contribution in [0.2, 0.25) is 5.15 Å². The van der Waals surface area contributed by atoms with Gasteiger partial charge in [-0.25, -0.2) is 4.98 Å². The van der Waals surface area contributed by atoms with Gasteiger partial charge in [0, 0.05) is 18.6 Å². The van der Waals surface area contributed by atoms with E-state index in [0.717, 1.165) is 6.42 Å². The van der Waals surface area contributed by atoms with Crippen LogP contribution in [0.4, 0.5) is 5.69 Å². The van der Waals surface area contributed by atoms with Crippen molar-refractivity contribution >= 4 is 33.2 Å². The molecule has 110 valence electrons. The maximum Gasteiger partial charge on any atom is 0.287 e.